The van der Waals surface area contributed by atoms with Gasteiger partial charge in [0, 0.05) is 6.54 Å². The van der Waals surface area contributed by atoms with E-state index >= 15 is 0 Å². The number of hydrogen-bond acceptors (Lipinski definition) is 2. The predicted octanol–water partition coefficient (Wildman–Crippen LogP) is 4.30. The first-order valence-electron chi connectivity index (χ1n) is 7.85. The number of rotatable bonds is 2. The maximum absolute atomic E-state index is 2.73. The van der Waals surface area contributed by atoms with E-state index in [1.165, 1.54) is 31.2 Å². The van der Waals surface area contributed by atoms with Crippen molar-refractivity contribution < 1.29 is 0 Å². The monoisotopic (exact) mass is 271 g/mol. The largest absolute Gasteiger partial charge is 0.227 e. The fraction of sp³-hybridized carbons (Fsp3) is 0.647. The highest BCUT2D eigenvalue weighted by Gasteiger charge is 2.69. The molecule has 1 aliphatic heterocycles. The molecule has 4 saturated carbocycles. The maximum Gasteiger partial charge on any atom is 0.0972 e. The standard InChI is InChI=1S/C17H21NS/c1-2-4-12(5-3-1)11-18-17(19-18)15-7-13-6-14(9-15)10-16(17)8-13/h1-5,13-16H,6-11H2. The summed E-state index contributed by atoms with van der Waals surface area (Å²) in [5, 5.41) is 0. The Morgan fingerprint density at radius 1 is 0.947 bits per heavy atom. The molecule has 0 aromatic heterocycles. The van der Waals surface area contributed by atoms with Crippen molar-refractivity contribution in [1.82, 2.24) is 4.31 Å². The lowest BCUT2D eigenvalue weighted by atomic mass is 9.54. The van der Waals surface area contributed by atoms with Crippen LogP contribution in [0, 0.1) is 23.7 Å². The molecule has 1 spiro atoms. The molecule has 100 valence electrons. The average Bonchev–Trinajstić information content (AvgIpc) is 3.11. The summed E-state index contributed by atoms with van der Waals surface area (Å²) >= 11 is 2.20. The van der Waals surface area contributed by atoms with Crippen LogP contribution < -0.4 is 0 Å². The zero-order chi connectivity index (χ0) is 12.4. The Morgan fingerprint density at radius 3 is 2.21 bits per heavy atom. The van der Waals surface area contributed by atoms with Gasteiger partial charge in [-0.15, -0.1) is 0 Å². The average molecular weight is 271 g/mol. The molecule has 4 bridgehead atoms. The van der Waals surface area contributed by atoms with Gasteiger partial charge in [-0.1, -0.05) is 42.3 Å². The van der Waals surface area contributed by atoms with Crippen molar-refractivity contribution in [2.75, 3.05) is 0 Å². The van der Waals surface area contributed by atoms with E-state index in [1.807, 2.05) is 0 Å². The fourth-order valence-electron chi connectivity index (χ4n) is 5.48. The molecule has 1 atom stereocenters. The third-order valence-electron chi connectivity index (χ3n) is 6.09. The SMILES string of the molecule is c1ccc(CN2SC23C2CC4CC(C2)CC3C4)cc1. The Labute approximate surface area is 119 Å². The van der Waals surface area contributed by atoms with Crippen molar-refractivity contribution in [3.63, 3.8) is 0 Å². The van der Waals surface area contributed by atoms with Crippen LogP contribution in [0.25, 0.3) is 0 Å². The lowest BCUT2D eigenvalue weighted by Crippen LogP contribution is -2.52. The summed E-state index contributed by atoms with van der Waals surface area (Å²) in [6.07, 6.45) is 7.69. The maximum atomic E-state index is 2.73. The van der Waals surface area contributed by atoms with Crippen LogP contribution in [0.2, 0.25) is 0 Å². The van der Waals surface area contributed by atoms with E-state index in [4.69, 9.17) is 0 Å². The van der Waals surface area contributed by atoms with Gasteiger partial charge in [0.2, 0.25) is 0 Å². The second kappa shape index (κ2) is 3.79. The van der Waals surface area contributed by atoms with E-state index in [0.717, 1.165) is 30.2 Å². The minimum Gasteiger partial charge on any atom is -0.227 e. The van der Waals surface area contributed by atoms with Crippen molar-refractivity contribution >= 4 is 11.9 Å². The molecule has 6 rings (SSSR count). The van der Waals surface area contributed by atoms with E-state index in [-0.39, 0.29) is 0 Å². The van der Waals surface area contributed by atoms with Crippen LogP contribution >= 0.6 is 11.9 Å². The summed E-state index contributed by atoms with van der Waals surface area (Å²) in [5.41, 5.74) is 1.49. The smallest absolute Gasteiger partial charge is 0.0972 e. The van der Waals surface area contributed by atoms with Gasteiger partial charge in [0.25, 0.3) is 0 Å². The minimum atomic E-state index is 0.573. The number of hydrogen-bond donors (Lipinski definition) is 0. The molecule has 5 fully saturated rings. The summed E-state index contributed by atoms with van der Waals surface area (Å²) in [7, 11) is 0. The summed E-state index contributed by atoms with van der Waals surface area (Å²) in [6.45, 7) is 1.16. The van der Waals surface area contributed by atoms with Crippen LogP contribution in [0.4, 0.5) is 0 Å². The van der Waals surface area contributed by atoms with Crippen LogP contribution in [-0.2, 0) is 6.54 Å². The van der Waals surface area contributed by atoms with E-state index in [2.05, 4.69) is 46.6 Å². The quantitative estimate of drug-likeness (QED) is 0.582. The van der Waals surface area contributed by atoms with Crippen LogP contribution in [-0.4, -0.2) is 9.18 Å². The van der Waals surface area contributed by atoms with E-state index in [1.54, 1.807) is 6.42 Å². The molecular weight excluding hydrogens is 250 g/mol. The Morgan fingerprint density at radius 2 is 1.58 bits per heavy atom. The van der Waals surface area contributed by atoms with Crippen molar-refractivity contribution in [2.24, 2.45) is 23.7 Å². The summed E-state index contributed by atoms with van der Waals surface area (Å²) in [5.74, 6) is 4.20. The molecule has 5 aliphatic rings. The van der Waals surface area contributed by atoms with Crippen molar-refractivity contribution in [1.29, 1.82) is 0 Å². The van der Waals surface area contributed by atoms with Crippen LogP contribution in [0.5, 0.6) is 0 Å². The molecule has 0 radical (unpaired) electrons. The summed E-state index contributed by atoms with van der Waals surface area (Å²) in [4.78, 5) is 0.573. The van der Waals surface area contributed by atoms with Gasteiger partial charge in [-0.2, -0.15) is 0 Å². The Bertz CT molecular complexity index is 469. The highest BCUT2D eigenvalue weighted by molar-refractivity contribution is 8.04. The third kappa shape index (κ3) is 1.53. The van der Waals surface area contributed by atoms with Gasteiger partial charge in [0.05, 0.1) is 4.87 Å². The molecule has 1 aromatic rings. The highest BCUT2D eigenvalue weighted by atomic mass is 32.2. The van der Waals surface area contributed by atoms with Gasteiger partial charge >= 0.3 is 0 Å². The third-order valence-corrected chi connectivity index (χ3v) is 7.75. The minimum absolute atomic E-state index is 0.573. The number of nitrogens with zero attached hydrogens (tertiary/aromatic N) is 1. The zero-order valence-electron chi connectivity index (χ0n) is 11.3. The van der Waals surface area contributed by atoms with Crippen molar-refractivity contribution in [3.8, 4) is 0 Å². The molecule has 1 saturated heterocycles. The van der Waals surface area contributed by atoms with Crippen molar-refractivity contribution in [3.05, 3.63) is 35.9 Å². The van der Waals surface area contributed by atoms with Gasteiger partial charge in [0.15, 0.2) is 0 Å². The second-order valence-corrected chi connectivity index (χ2v) is 8.45. The van der Waals surface area contributed by atoms with Crippen molar-refractivity contribution in [2.45, 2.75) is 43.5 Å². The molecular formula is C17H21NS. The highest BCUT2D eigenvalue weighted by Crippen LogP contribution is 2.73. The van der Waals surface area contributed by atoms with Gasteiger partial charge in [-0.05, 0) is 61.3 Å². The van der Waals surface area contributed by atoms with Crippen LogP contribution in [0.15, 0.2) is 30.3 Å². The van der Waals surface area contributed by atoms with Crippen LogP contribution in [0.1, 0.15) is 37.7 Å². The molecule has 0 N–H and O–H groups in total. The first-order chi connectivity index (χ1) is 9.34. The van der Waals surface area contributed by atoms with Gasteiger partial charge in [0.1, 0.15) is 0 Å². The van der Waals surface area contributed by atoms with E-state index in [9.17, 15) is 0 Å². The summed E-state index contributed by atoms with van der Waals surface area (Å²) in [6, 6.07) is 11.0. The van der Waals surface area contributed by atoms with Crippen LogP contribution in [0.3, 0.4) is 0 Å². The molecule has 1 heterocycles. The molecule has 2 heteroatoms. The first-order valence-corrected chi connectivity index (χ1v) is 8.62. The molecule has 1 unspecified atom stereocenters. The van der Waals surface area contributed by atoms with Gasteiger partial charge in [-0.3, -0.25) is 0 Å². The number of benzene rings is 1. The van der Waals surface area contributed by atoms with E-state index in [0.29, 0.717) is 4.87 Å². The predicted molar refractivity (Wildman–Crippen MR) is 79.4 cm³/mol. The molecule has 0 amide bonds. The molecule has 1 nitrogen and oxygen atoms in total. The normalized spacial score (nSPS) is 49.8. The second-order valence-electron chi connectivity index (χ2n) is 7.17. The topological polar surface area (TPSA) is 3.01 Å². The Kier molecular flexibility index (Phi) is 2.24. The van der Waals surface area contributed by atoms with Gasteiger partial charge < -0.3 is 0 Å². The zero-order valence-corrected chi connectivity index (χ0v) is 12.1. The Hall–Kier alpha value is -0.470. The van der Waals surface area contributed by atoms with Gasteiger partial charge in [-0.25, -0.2) is 4.31 Å². The molecule has 19 heavy (non-hydrogen) atoms. The molecule has 1 aromatic carbocycles. The fourth-order valence-corrected chi connectivity index (χ4v) is 7.05. The summed E-state index contributed by atoms with van der Waals surface area (Å²) < 4.78 is 2.73. The Balaban J connectivity index is 1.39. The lowest BCUT2D eigenvalue weighted by Gasteiger charge is -2.54. The lowest BCUT2D eigenvalue weighted by molar-refractivity contribution is -0.0315. The van der Waals surface area contributed by atoms with E-state index < -0.39 is 0 Å². The first kappa shape index (κ1) is 11.2. The molecule has 4 aliphatic carbocycles.